The first-order valence-electron chi connectivity index (χ1n) is 6.21. The predicted molar refractivity (Wildman–Crippen MR) is 61.7 cm³/mol. The van der Waals surface area contributed by atoms with Crippen LogP contribution in [0.2, 0.25) is 0 Å². The number of aliphatic carboxylic acids is 1. The minimum atomic E-state index is -1.03. The first kappa shape index (κ1) is 13.1. The summed E-state index contributed by atoms with van der Waals surface area (Å²) >= 11 is 0. The molecule has 0 aromatic rings. The zero-order valence-corrected chi connectivity index (χ0v) is 10.9. The maximum absolute atomic E-state index is 11.9. The fourth-order valence-electron chi connectivity index (χ4n) is 2.58. The third-order valence-corrected chi connectivity index (χ3v) is 3.24. The molecule has 1 aliphatic carbocycles. The van der Waals surface area contributed by atoms with E-state index in [1.54, 1.807) is 20.8 Å². The second-order valence-electron chi connectivity index (χ2n) is 5.83. The van der Waals surface area contributed by atoms with Gasteiger partial charge in [0.2, 0.25) is 0 Å². The summed E-state index contributed by atoms with van der Waals surface area (Å²) in [5, 5.41) is 10.2. The summed E-state index contributed by atoms with van der Waals surface area (Å²) in [5.74, 6) is -1.15. The Morgan fingerprint density at radius 2 is 2.00 bits per heavy atom. The van der Waals surface area contributed by atoms with Crippen LogP contribution in [-0.4, -0.2) is 40.0 Å². The van der Waals surface area contributed by atoms with Gasteiger partial charge in [0.05, 0.1) is 6.10 Å². The van der Waals surface area contributed by atoms with E-state index in [0.717, 1.165) is 24.3 Å². The number of fused-ring (bicyclic) bond motifs is 1. The first-order valence-corrected chi connectivity index (χ1v) is 6.21. The van der Waals surface area contributed by atoms with Crippen LogP contribution >= 0.6 is 0 Å². The Morgan fingerprint density at radius 3 is 2.56 bits per heavy atom. The van der Waals surface area contributed by atoms with Gasteiger partial charge in [0.1, 0.15) is 5.60 Å². The average molecular weight is 257 g/mol. The number of hydrogen-bond acceptors (Lipinski definition) is 4. The molecule has 1 heterocycles. The van der Waals surface area contributed by atoms with Crippen LogP contribution in [0.5, 0.6) is 0 Å². The fraction of sp³-hybridized carbons (Fsp3) is 0.833. The van der Waals surface area contributed by atoms with Gasteiger partial charge in [-0.3, -0.25) is 4.84 Å². The van der Waals surface area contributed by atoms with Gasteiger partial charge in [-0.2, -0.15) is 5.06 Å². The van der Waals surface area contributed by atoms with E-state index >= 15 is 0 Å². The number of amides is 1. The van der Waals surface area contributed by atoms with Crippen LogP contribution < -0.4 is 0 Å². The van der Waals surface area contributed by atoms with Gasteiger partial charge in [-0.15, -0.1) is 0 Å². The van der Waals surface area contributed by atoms with E-state index in [0.29, 0.717) is 0 Å². The van der Waals surface area contributed by atoms with Crippen molar-refractivity contribution < 1.29 is 24.3 Å². The summed E-state index contributed by atoms with van der Waals surface area (Å²) in [4.78, 5) is 28.7. The minimum absolute atomic E-state index is 0.116. The molecule has 102 valence electrons. The second kappa shape index (κ2) is 4.42. The molecule has 18 heavy (non-hydrogen) atoms. The van der Waals surface area contributed by atoms with Crippen molar-refractivity contribution in [1.29, 1.82) is 0 Å². The molecular weight excluding hydrogens is 238 g/mol. The van der Waals surface area contributed by atoms with E-state index in [4.69, 9.17) is 9.57 Å². The molecule has 2 rings (SSSR count). The molecule has 0 bridgehead atoms. The highest BCUT2D eigenvalue weighted by molar-refractivity contribution is 5.80. The van der Waals surface area contributed by atoms with Crippen LogP contribution in [0.1, 0.15) is 40.0 Å². The topological polar surface area (TPSA) is 76.1 Å². The summed E-state index contributed by atoms with van der Waals surface area (Å²) in [7, 11) is 0. The quantitative estimate of drug-likeness (QED) is 0.775. The van der Waals surface area contributed by atoms with Gasteiger partial charge in [-0.1, -0.05) is 6.42 Å². The fourth-order valence-corrected chi connectivity index (χ4v) is 2.58. The largest absolute Gasteiger partial charge is 0.480 e. The summed E-state index contributed by atoms with van der Waals surface area (Å²) in [6.07, 6.45) is 1.64. The highest BCUT2D eigenvalue weighted by Crippen LogP contribution is 2.40. The molecular formula is C12H19NO5. The Kier molecular flexibility index (Phi) is 3.23. The first-order chi connectivity index (χ1) is 8.29. The van der Waals surface area contributed by atoms with Gasteiger partial charge in [0.15, 0.2) is 6.04 Å². The Bertz CT molecular complexity index is 362. The van der Waals surface area contributed by atoms with Crippen LogP contribution in [-0.2, 0) is 14.4 Å². The van der Waals surface area contributed by atoms with E-state index in [1.165, 1.54) is 0 Å². The molecule has 0 radical (unpaired) electrons. The molecule has 1 saturated heterocycles. The van der Waals surface area contributed by atoms with Crippen molar-refractivity contribution in [2.75, 3.05) is 0 Å². The van der Waals surface area contributed by atoms with E-state index in [-0.39, 0.29) is 12.0 Å². The zero-order chi connectivity index (χ0) is 13.5. The molecule has 3 atom stereocenters. The van der Waals surface area contributed by atoms with Crippen molar-refractivity contribution in [2.45, 2.75) is 57.8 Å². The number of rotatable bonds is 1. The highest BCUT2D eigenvalue weighted by Gasteiger charge is 2.52. The molecule has 1 N–H and O–H groups in total. The number of ether oxygens (including phenoxy) is 1. The second-order valence-corrected chi connectivity index (χ2v) is 5.83. The number of carbonyl (C=O) groups is 2. The number of nitrogens with zero attached hydrogens (tertiary/aromatic N) is 1. The predicted octanol–water partition coefficient (Wildman–Crippen LogP) is 1.79. The Hall–Kier alpha value is -1.30. The summed E-state index contributed by atoms with van der Waals surface area (Å²) in [6, 6.07) is -0.924. The molecule has 3 unspecified atom stereocenters. The van der Waals surface area contributed by atoms with E-state index in [2.05, 4.69) is 0 Å². The van der Waals surface area contributed by atoms with Crippen molar-refractivity contribution in [1.82, 2.24) is 5.06 Å². The van der Waals surface area contributed by atoms with Crippen molar-refractivity contribution in [2.24, 2.45) is 5.92 Å². The van der Waals surface area contributed by atoms with Gasteiger partial charge < -0.3 is 9.84 Å². The normalized spacial score (nSPS) is 31.3. The van der Waals surface area contributed by atoms with Gasteiger partial charge >= 0.3 is 12.1 Å². The smallest absolute Gasteiger partial charge is 0.435 e. The number of carboxylic acids is 1. The van der Waals surface area contributed by atoms with Crippen LogP contribution in [0.25, 0.3) is 0 Å². The molecule has 6 heteroatoms. The monoisotopic (exact) mass is 257 g/mol. The Labute approximate surface area is 106 Å². The minimum Gasteiger partial charge on any atom is -0.480 e. The van der Waals surface area contributed by atoms with Crippen molar-refractivity contribution in [3.8, 4) is 0 Å². The number of hydrogen-bond donors (Lipinski definition) is 1. The summed E-state index contributed by atoms with van der Waals surface area (Å²) in [5.41, 5.74) is -0.665. The van der Waals surface area contributed by atoms with Crippen molar-refractivity contribution in [3.63, 3.8) is 0 Å². The Balaban J connectivity index is 2.12. The molecule has 1 saturated carbocycles. The molecule has 2 aliphatic rings. The molecule has 1 aliphatic heterocycles. The maximum atomic E-state index is 11.9. The number of hydroxylamine groups is 2. The molecule has 0 aromatic heterocycles. The average Bonchev–Trinajstić information content (AvgIpc) is 2.70. The van der Waals surface area contributed by atoms with Crippen LogP contribution in [0, 0.1) is 5.92 Å². The molecule has 0 aromatic carbocycles. The molecule has 0 spiro atoms. The number of carboxylic acid groups (broad SMARTS) is 1. The third-order valence-electron chi connectivity index (χ3n) is 3.24. The van der Waals surface area contributed by atoms with E-state index in [1.807, 2.05) is 0 Å². The van der Waals surface area contributed by atoms with Gasteiger partial charge in [-0.25, -0.2) is 9.59 Å². The summed E-state index contributed by atoms with van der Waals surface area (Å²) < 4.78 is 5.17. The van der Waals surface area contributed by atoms with Gasteiger partial charge in [0.25, 0.3) is 0 Å². The lowest BCUT2D eigenvalue weighted by Gasteiger charge is -2.26. The van der Waals surface area contributed by atoms with Gasteiger partial charge in [0, 0.05) is 5.92 Å². The molecule has 1 amide bonds. The maximum Gasteiger partial charge on any atom is 0.435 e. The van der Waals surface area contributed by atoms with E-state index < -0.39 is 23.7 Å². The van der Waals surface area contributed by atoms with E-state index in [9.17, 15) is 14.7 Å². The molecule has 6 nitrogen and oxygen atoms in total. The summed E-state index contributed by atoms with van der Waals surface area (Å²) in [6.45, 7) is 5.20. The standard InChI is InChI=1S/C12H19NO5/c1-12(2,3)17-11(16)13-9(10(14)15)7-5-4-6-8(7)18-13/h7-9H,4-6H2,1-3H3,(H,14,15). The van der Waals surface area contributed by atoms with Crippen LogP contribution in [0.3, 0.4) is 0 Å². The van der Waals surface area contributed by atoms with Crippen LogP contribution in [0.15, 0.2) is 0 Å². The van der Waals surface area contributed by atoms with Crippen LogP contribution in [0.4, 0.5) is 4.79 Å². The highest BCUT2D eigenvalue weighted by atomic mass is 16.7. The molecule has 2 fully saturated rings. The number of carbonyl (C=O) groups excluding carboxylic acids is 1. The Morgan fingerprint density at radius 1 is 1.33 bits per heavy atom. The zero-order valence-electron chi connectivity index (χ0n) is 10.9. The van der Waals surface area contributed by atoms with Crippen molar-refractivity contribution >= 4 is 12.1 Å². The van der Waals surface area contributed by atoms with Crippen molar-refractivity contribution in [3.05, 3.63) is 0 Å². The lowest BCUT2D eigenvalue weighted by atomic mass is 9.98. The lowest BCUT2D eigenvalue weighted by molar-refractivity contribution is -0.170. The SMILES string of the molecule is CC(C)(C)OC(=O)N1OC2CCCC2C1C(=O)O. The van der Waals surface area contributed by atoms with Gasteiger partial charge in [-0.05, 0) is 33.6 Å². The third kappa shape index (κ3) is 2.43. The lowest BCUT2D eigenvalue weighted by Crippen LogP contribution is -2.44.